The molecule has 134 valence electrons. The van der Waals surface area contributed by atoms with Crippen molar-refractivity contribution in [1.82, 2.24) is 5.43 Å². The molecule has 0 aliphatic carbocycles. The van der Waals surface area contributed by atoms with Crippen molar-refractivity contribution < 1.29 is 14.3 Å². The largest absolute Gasteiger partial charge is 0.465 e. The summed E-state index contributed by atoms with van der Waals surface area (Å²) in [5, 5.41) is 3.95. The van der Waals surface area contributed by atoms with Crippen LogP contribution in [0, 0.1) is 0 Å². The smallest absolute Gasteiger partial charge is 0.337 e. The van der Waals surface area contributed by atoms with Gasteiger partial charge in [0.2, 0.25) is 0 Å². The number of hydrazone groups is 1. The first kappa shape index (κ1) is 18.1. The van der Waals surface area contributed by atoms with Gasteiger partial charge in [-0.1, -0.05) is 54.6 Å². The van der Waals surface area contributed by atoms with Crippen molar-refractivity contribution in [3.05, 3.63) is 95.6 Å². The van der Waals surface area contributed by atoms with Gasteiger partial charge >= 0.3 is 5.97 Å². The maximum Gasteiger partial charge on any atom is 0.337 e. The lowest BCUT2D eigenvalue weighted by atomic mass is 10.0. The third-order valence-corrected chi connectivity index (χ3v) is 3.97. The fourth-order valence-corrected chi connectivity index (χ4v) is 2.50. The summed E-state index contributed by atoms with van der Waals surface area (Å²) in [5.41, 5.74) is 6.36. The number of amides is 1. The second-order valence-corrected chi connectivity index (χ2v) is 5.76. The molecule has 0 heterocycles. The molecule has 0 radical (unpaired) electrons. The van der Waals surface area contributed by atoms with Gasteiger partial charge in [0.1, 0.15) is 0 Å². The summed E-state index contributed by atoms with van der Waals surface area (Å²) in [4.78, 5) is 23.6. The van der Waals surface area contributed by atoms with E-state index in [1.807, 2.05) is 42.5 Å². The van der Waals surface area contributed by atoms with Crippen LogP contribution in [0.2, 0.25) is 0 Å². The summed E-state index contributed by atoms with van der Waals surface area (Å²) >= 11 is 0. The summed E-state index contributed by atoms with van der Waals surface area (Å²) in [7, 11) is 1.33. The zero-order chi connectivity index (χ0) is 19.1. The fraction of sp³-hybridized carbons (Fsp3) is 0.0455. The Balaban J connectivity index is 1.60. The minimum atomic E-state index is -0.397. The number of hydrogen-bond acceptors (Lipinski definition) is 4. The summed E-state index contributed by atoms with van der Waals surface area (Å²) < 4.78 is 4.64. The molecule has 0 spiro atoms. The van der Waals surface area contributed by atoms with Crippen LogP contribution in [0.1, 0.15) is 26.3 Å². The van der Waals surface area contributed by atoms with E-state index in [0.717, 1.165) is 16.7 Å². The van der Waals surface area contributed by atoms with Gasteiger partial charge in [-0.25, -0.2) is 10.2 Å². The average molecular weight is 358 g/mol. The lowest BCUT2D eigenvalue weighted by Gasteiger charge is -2.04. The highest BCUT2D eigenvalue weighted by Gasteiger charge is 2.05. The van der Waals surface area contributed by atoms with E-state index < -0.39 is 5.97 Å². The van der Waals surface area contributed by atoms with Crippen LogP contribution in [0.4, 0.5) is 0 Å². The Morgan fingerprint density at radius 1 is 0.815 bits per heavy atom. The summed E-state index contributed by atoms with van der Waals surface area (Å²) in [6.45, 7) is 0. The number of nitrogens with one attached hydrogen (secondary N) is 1. The third kappa shape index (κ3) is 4.67. The predicted molar refractivity (Wildman–Crippen MR) is 105 cm³/mol. The van der Waals surface area contributed by atoms with Gasteiger partial charge in [0.15, 0.2) is 0 Å². The predicted octanol–water partition coefficient (Wildman–Crippen LogP) is 3.90. The van der Waals surface area contributed by atoms with Gasteiger partial charge in [-0.15, -0.1) is 0 Å². The van der Waals surface area contributed by atoms with Crippen molar-refractivity contribution in [1.29, 1.82) is 0 Å². The molecule has 0 aliphatic rings. The van der Waals surface area contributed by atoms with Crippen molar-refractivity contribution in [2.45, 2.75) is 0 Å². The van der Waals surface area contributed by atoms with Crippen LogP contribution >= 0.6 is 0 Å². The Hall–Kier alpha value is -3.73. The van der Waals surface area contributed by atoms with Crippen molar-refractivity contribution in [2.75, 3.05) is 7.11 Å². The van der Waals surface area contributed by atoms with E-state index in [2.05, 4.69) is 15.3 Å². The molecule has 0 aromatic heterocycles. The Kier molecular flexibility index (Phi) is 5.74. The van der Waals surface area contributed by atoms with Gasteiger partial charge in [0.05, 0.1) is 18.9 Å². The molecule has 0 aliphatic heterocycles. The Morgan fingerprint density at radius 2 is 1.41 bits per heavy atom. The van der Waals surface area contributed by atoms with Gasteiger partial charge in [0, 0.05) is 5.56 Å². The highest BCUT2D eigenvalue weighted by Crippen LogP contribution is 2.19. The van der Waals surface area contributed by atoms with Crippen LogP contribution < -0.4 is 5.43 Å². The third-order valence-electron chi connectivity index (χ3n) is 3.97. The second kappa shape index (κ2) is 8.58. The molecule has 0 unspecified atom stereocenters. The second-order valence-electron chi connectivity index (χ2n) is 5.76. The van der Waals surface area contributed by atoms with Gasteiger partial charge < -0.3 is 4.74 Å². The van der Waals surface area contributed by atoms with Gasteiger partial charge in [-0.05, 0) is 41.0 Å². The number of carbonyl (C=O) groups is 2. The molecular weight excluding hydrogens is 340 g/mol. The molecule has 1 N–H and O–H groups in total. The number of hydrogen-bond donors (Lipinski definition) is 1. The van der Waals surface area contributed by atoms with Crippen molar-refractivity contribution in [3.63, 3.8) is 0 Å². The van der Waals surface area contributed by atoms with E-state index in [0.29, 0.717) is 11.1 Å². The monoisotopic (exact) mass is 358 g/mol. The molecular formula is C22H18N2O3. The molecule has 3 aromatic carbocycles. The summed E-state index contributed by atoms with van der Waals surface area (Å²) in [6.07, 6.45) is 1.51. The van der Waals surface area contributed by atoms with Crippen LogP contribution in [0.3, 0.4) is 0 Å². The van der Waals surface area contributed by atoms with E-state index in [9.17, 15) is 9.59 Å². The molecule has 1 amide bonds. The Labute approximate surface area is 157 Å². The quantitative estimate of drug-likeness (QED) is 0.427. The first-order chi connectivity index (χ1) is 13.2. The van der Waals surface area contributed by atoms with E-state index in [1.54, 1.807) is 36.4 Å². The zero-order valence-corrected chi connectivity index (χ0v) is 14.8. The van der Waals surface area contributed by atoms with Crippen LogP contribution in [0.15, 0.2) is 84.0 Å². The highest BCUT2D eigenvalue weighted by molar-refractivity contribution is 5.95. The normalized spacial score (nSPS) is 10.6. The van der Waals surface area contributed by atoms with Gasteiger partial charge in [-0.3, -0.25) is 4.79 Å². The van der Waals surface area contributed by atoms with Crippen molar-refractivity contribution in [2.24, 2.45) is 5.10 Å². The summed E-state index contributed by atoms with van der Waals surface area (Å²) in [5.74, 6) is -0.692. The zero-order valence-electron chi connectivity index (χ0n) is 14.8. The molecule has 27 heavy (non-hydrogen) atoms. The van der Waals surface area contributed by atoms with Crippen LogP contribution in [0.25, 0.3) is 11.1 Å². The molecule has 5 heteroatoms. The highest BCUT2D eigenvalue weighted by atomic mass is 16.5. The van der Waals surface area contributed by atoms with Crippen LogP contribution in [-0.4, -0.2) is 25.2 Å². The molecule has 3 rings (SSSR count). The maximum absolute atomic E-state index is 12.2. The number of esters is 1. The Bertz CT molecular complexity index is 947. The molecule has 3 aromatic rings. The minimum absolute atomic E-state index is 0.294. The lowest BCUT2D eigenvalue weighted by molar-refractivity contribution is 0.0600. The molecule has 5 nitrogen and oxygen atoms in total. The standard InChI is InChI=1S/C22H18N2O3/c1-27-22(26)20-9-7-16(8-10-20)15-23-24-21(25)19-13-11-18(12-14-19)17-5-3-2-4-6-17/h2-15H,1H3,(H,24,25). The first-order valence-corrected chi connectivity index (χ1v) is 8.34. The molecule has 0 atom stereocenters. The fourth-order valence-electron chi connectivity index (χ4n) is 2.50. The minimum Gasteiger partial charge on any atom is -0.465 e. The van der Waals surface area contributed by atoms with E-state index >= 15 is 0 Å². The number of rotatable bonds is 5. The van der Waals surface area contributed by atoms with Gasteiger partial charge in [-0.2, -0.15) is 5.10 Å². The van der Waals surface area contributed by atoms with Gasteiger partial charge in [0.25, 0.3) is 5.91 Å². The molecule has 0 fully saturated rings. The number of nitrogens with zero attached hydrogens (tertiary/aromatic N) is 1. The number of ether oxygens (including phenoxy) is 1. The number of methoxy groups -OCH3 is 1. The SMILES string of the molecule is COC(=O)c1ccc(C=NNC(=O)c2ccc(-c3ccccc3)cc2)cc1. The number of benzene rings is 3. The average Bonchev–Trinajstić information content (AvgIpc) is 2.74. The van der Waals surface area contributed by atoms with Crippen LogP contribution in [-0.2, 0) is 4.74 Å². The van der Waals surface area contributed by atoms with E-state index in [4.69, 9.17) is 0 Å². The van der Waals surface area contributed by atoms with Crippen molar-refractivity contribution >= 4 is 18.1 Å². The summed E-state index contributed by atoms with van der Waals surface area (Å²) in [6, 6.07) is 24.0. The van der Waals surface area contributed by atoms with Crippen LogP contribution in [0.5, 0.6) is 0 Å². The molecule has 0 saturated heterocycles. The first-order valence-electron chi connectivity index (χ1n) is 8.34. The lowest BCUT2D eigenvalue weighted by Crippen LogP contribution is -2.17. The topological polar surface area (TPSA) is 67.8 Å². The van der Waals surface area contributed by atoms with Crippen molar-refractivity contribution in [3.8, 4) is 11.1 Å². The van der Waals surface area contributed by atoms with E-state index in [1.165, 1.54) is 13.3 Å². The molecule has 0 saturated carbocycles. The Morgan fingerprint density at radius 3 is 2.04 bits per heavy atom. The number of carbonyl (C=O) groups excluding carboxylic acids is 2. The van der Waals surface area contributed by atoms with E-state index in [-0.39, 0.29) is 5.91 Å². The molecule has 0 bridgehead atoms. The maximum atomic E-state index is 12.2.